The van der Waals surface area contributed by atoms with E-state index < -0.39 is 18.0 Å². The van der Waals surface area contributed by atoms with Gasteiger partial charge in [-0.3, -0.25) is 0 Å². The highest BCUT2D eigenvalue weighted by Crippen LogP contribution is 2.38. The van der Waals surface area contributed by atoms with Gasteiger partial charge in [0, 0.05) is 20.6 Å². The zero-order valence-corrected chi connectivity index (χ0v) is 18.8. The van der Waals surface area contributed by atoms with Crippen LogP contribution in [0.5, 0.6) is 5.75 Å². The third-order valence-corrected chi connectivity index (χ3v) is 6.03. The molecule has 2 aliphatic carbocycles. The summed E-state index contributed by atoms with van der Waals surface area (Å²) in [4.78, 5) is 17.6. The van der Waals surface area contributed by atoms with Gasteiger partial charge in [0.2, 0.25) is 0 Å². The van der Waals surface area contributed by atoms with Crippen LogP contribution < -0.4 is 4.74 Å². The Morgan fingerprint density at radius 3 is 2.58 bits per heavy atom. The van der Waals surface area contributed by atoms with Crippen LogP contribution in [0.4, 0.5) is 18.0 Å². The van der Waals surface area contributed by atoms with E-state index in [1.165, 1.54) is 21.7 Å². The van der Waals surface area contributed by atoms with Crippen molar-refractivity contribution < 1.29 is 27.4 Å². The molecule has 0 bridgehead atoms. The van der Waals surface area contributed by atoms with E-state index in [2.05, 4.69) is 15.3 Å². The fourth-order valence-corrected chi connectivity index (χ4v) is 3.98. The third-order valence-electron chi connectivity index (χ3n) is 6.03. The topological polar surface area (TPSA) is 82.4 Å². The van der Waals surface area contributed by atoms with Gasteiger partial charge >= 0.3 is 12.3 Å². The van der Waals surface area contributed by atoms with Crippen LogP contribution in [-0.4, -0.2) is 50.7 Å². The van der Waals surface area contributed by atoms with Crippen LogP contribution in [-0.2, 0) is 24.6 Å². The Kier molecular flexibility index (Phi) is 6.76. The van der Waals surface area contributed by atoms with Crippen LogP contribution in [0.2, 0.25) is 0 Å². The fraction of sp³-hybridized carbons (Fsp3) is 0.636. The number of carbonyl (C=O) groups excluding carboxylic acids is 1. The van der Waals surface area contributed by atoms with Crippen molar-refractivity contribution in [3.63, 3.8) is 0 Å². The lowest BCUT2D eigenvalue weighted by molar-refractivity contribution is -0.143. The van der Waals surface area contributed by atoms with Crippen molar-refractivity contribution in [2.24, 2.45) is 13.0 Å². The molecule has 2 heterocycles. The third kappa shape index (κ3) is 5.75. The zero-order chi connectivity index (χ0) is 23.6. The van der Waals surface area contributed by atoms with E-state index in [1.54, 1.807) is 14.1 Å². The van der Waals surface area contributed by atoms with E-state index in [0.29, 0.717) is 18.2 Å². The van der Waals surface area contributed by atoms with Crippen LogP contribution in [0, 0.1) is 5.92 Å². The first-order valence-electron chi connectivity index (χ1n) is 11.2. The molecule has 2 saturated carbocycles. The van der Waals surface area contributed by atoms with Gasteiger partial charge in [0.15, 0.2) is 11.4 Å². The molecule has 0 atom stereocenters. The smallest absolute Gasteiger partial charge is 0.437 e. The van der Waals surface area contributed by atoms with Crippen molar-refractivity contribution in [3.8, 4) is 17.1 Å². The van der Waals surface area contributed by atoms with Crippen LogP contribution in [0.3, 0.4) is 0 Å². The maximum Gasteiger partial charge on any atom is 0.437 e. The van der Waals surface area contributed by atoms with Gasteiger partial charge in [-0.05, 0) is 56.6 Å². The number of alkyl halides is 3. The molecule has 0 saturated heterocycles. The fourth-order valence-electron chi connectivity index (χ4n) is 3.98. The largest absolute Gasteiger partial charge is 0.488 e. The van der Waals surface area contributed by atoms with Crippen molar-refractivity contribution in [1.82, 2.24) is 24.9 Å². The van der Waals surface area contributed by atoms with E-state index >= 15 is 0 Å². The van der Waals surface area contributed by atoms with Gasteiger partial charge in [-0.15, -0.1) is 5.10 Å². The minimum Gasteiger partial charge on any atom is -0.488 e. The molecule has 0 aliphatic heterocycles. The van der Waals surface area contributed by atoms with Crippen molar-refractivity contribution >= 4 is 6.09 Å². The average Bonchev–Trinajstić information content (AvgIpc) is 3.52. The second-order valence-corrected chi connectivity index (χ2v) is 8.81. The minimum atomic E-state index is -4.69. The highest BCUT2D eigenvalue weighted by atomic mass is 19.4. The summed E-state index contributed by atoms with van der Waals surface area (Å²) in [5.41, 5.74) is -0.623. The maximum absolute atomic E-state index is 13.8. The molecule has 33 heavy (non-hydrogen) atoms. The SMILES string of the molecule is CN(CC1CC1)C(=O)OCc1c(-c2ccc(OC3CCCCC3)c(C(F)(F)F)n2)nnn1C. The Hall–Kier alpha value is -2.85. The summed E-state index contributed by atoms with van der Waals surface area (Å²) in [6.07, 6.45) is 1.16. The summed E-state index contributed by atoms with van der Waals surface area (Å²) >= 11 is 0. The number of amides is 1. The van der Waals surface area contributed by atoms with Gasteiger partial charge in [-0.25, -0.2) is 14.5 Å². The number of aryl methyl sites for hydroxylation is 1. The van der Waals surface area contributed by atoms with Gasteiger partial charge in [0.1, 0.15) is 18.0 Å². The molecule has 2 fully saturated rings. The molecule has 1 amide bonds. The van der Waals surface area contributed by atoms with E-state index in [0.717, 1.165) is 44.9 Å². The molecule has 0 unspecified atom stereocenters. The van der Waals surface area contributed by atoms with Gasteiger partial charge < -0.3 is 14.4 Å². The Labute approximate surface area is 190 Å². The lowest BCUT2D eigenvalue weighted by Gasteiger charge is -2.24. The summed E-state index contributed by atoms with van der Waals surface area (Å²) in [5, 5.41) is 7.86. The van der Waals surface area contributed by atoms with Gasteiger partial charge in [-0.2, -0.15) is 13.2 Å². The number of hydrogen-bond donors (Lipinski definition) is 0. The summed E-state index contributed by atoms with van der Waals surface area (Å²) in [6.45, 7) is 0.435. The number of carbonyl (C=O) groups is 1. The quantitative estimate of drug-likeness (QED) is 0.593. The number of hydrogen-bond acceptors (Lipinski definition) is 6. The molecular formula is C22H28F3N5O3. The Balaban J connectivity index is 1.54. The molecule has 8 nitrogen and oxygen atoms in total. The molecule has 11 heteroatoms. The lowest BCUT2D eigenvalue weighted by Crippen LogP contribution is -2.29. The number of pyridine rings is 1. The van der Waals surface area contributed by atoms with Crippen molar-refractivity contribution in [2.45, 2.75) is 63.8 Å². The second-order valence-electron chi connectivity index (χ2n) is 8.81. The van der Waals surface area contributed by atoms with Crippen molar-refractivity contribution in [3.05, 3.63) is 23.5 Å². The molecule has 4 rings (SSSR count). The van der Waals surface area contributed by atoms with Crippen molar-refractivity contribution in [1.29, 1.82) is 0 Å². The van der Waals surface area contributed by atoms with E-state index in [9.17, 15) is 18.0 Å². The minimum absolute atomic E-state index is 0.0104. The molecule has 0 radical (unpaired) electrons. The second kappa shape index (κ2) is 9.56. The standard InChI is InChI=1S/C22H28F3N5O3/c1-29(12-14-8-9-14)21(31)32-13-17-19(27-28-30(17)2)16-10-11-18(20(26-16)22(23,24)25)33-15-6-4-3-5-7-15/h10-11,14-15H,3-9,12-13H2,1-2H3. The molecular weight excluding hydrogens is 439 g/mol. The normalized spacial score (nSPS) is 17.1. The summed E-state index contributed by atoms with van der Waals surface area (Å²) < 4.78 is 53.8. The summed E-state index contributed by atoms with van der Waals surface area (Å²) in [5.74, 6) is 0.229. The molecule has 2 aromatic heterocycles. The highest BCUT2D eigenvalue weighted by Gasteiger charge is 2.38. The average molecular weight is 467 g/mol. The Bertz CT molecular complexity index is 984. The van der Waals surface area contributed by atoms with Gasteiger partial charge in [0.25, 0.3) is 0 Å². The Morgan fingerprint density at radius 2 is 1.91 bits per heavy atom. The molecule has 0 spiro atoms. The van der Waals surface area contributed by atoms with Crippen LogP contribution in [0.15, 0.2) is 12.1 Å². The molecule has 0 aromatic carbocycles. The van der Waals surface area contributed by atoms with Crippen LogP contribution in [0.1, 0.15) is 56.3 Å². The number of nitrogens with zero attached hydrogens (tertiary/aromatic N) is 5. The van der Waals surface area contributed by atoms with E-state index in [4.69, 9.17) is 9.47 Å². The summed E-state index contributed by atoms with van der Waals surface area (Å²) in [6, 6.07) is 2.72. The van der Waals surface area contributed by atoms with E-state index in [-0.39, 0.29) is 29.8 Å². The number of rotatable bonds is 7. The first-order valence-corrected chi connectivity index (χ1v) is 11.2. The number of aromatic nitrogens is 4. The molecule has 0 N–H and O–H groups in total. The first kappa shape index (κ1) is 23.3. The predicted octanol–water partition coefficient (Wildman–Crippen LogP) is 4.59. The van der Waals surface area contributed by atoms with Crippen LogP contribution in [0.25, 0.3) is 11.4 Å². The van der Waals surface area contributed by atoms with Crippen LogP contribution >= 0.6 is 0 Å². The lowest BCUT2D eigenvalue weighted by atomic mass is 9.98. The zero-order valence-electron chi connectivity index (χ0n) is 18.8. The maximum atomic E-state index is 13.8. The summed E-state index contributed by atoms with van der Waals surface area (Å²) in [7, 11) is 3.24. The molecule has 2 aliphatic rings. The van der Waals surface area contributed by atoms with Crippen molar-refractivity contribution in [2.75, 3.05) is 13.6 Å². The Morgan fingerprint density at radius 1 is 1.18 bits per heavy atom. The molecule has 180 valence electrons. The monoisotopic (exact) mass is 467 g/mol. The number of ether oxygens (including phenoxy) is 2. The van der Waals surface area contributed by atoms with E-state index in [1.807, 2.05) is 0 Å². The first-order chi connectivity index (χ1) is 15.7. The van der Waals surface area contributed by atoms with Gasteiger partial charge in [0.05, 0.1) is 11.8 Å². The highest BCUT2D eigenvalue weighted by molar-refractivity contribution is 5.67. The predicted molar refractivity (Wildman–Crippen MR) is 112 cm³/mol. The number of halogens is 3. The van der Waals surface area contributed by atoms with Gasteiger partial charge in [-0.1, -0.05) is 11.6 Å². The molecule has 2 aromatic rings.